The monoisotopic (exact) mass is 456 g/mol. The van der Waals surface area contributed by atoms with Crippen molar-refractivity contribution in [3.05, 3.63) is 118 Å². The van der Waals surface area contributed by atoms with E-state index in [1.54, 1.807) is 38.1 Å². The van der Waals surface area contributed by atoms with E-state index in [0.717, 1.165) is 12.1 Å². The van der Waals surface area contributed by atoms with Crippen molar-refractivity contribution in [2.75, 3.05) is 0 Å². The minimum atomic E-state index is -1.62. The first kappa shape index (κ1) is 22.6. The molecule has 0 atom stereocenters. The first-order chi connectivity index (χ1) is 15.6. The van der Waals surface area contributed by atoms with Gasteiger partial charge in [-0.2, -0.15) is 0 Å². The Morgan fingerprint density at radius 3 is 1.42 bits per heavy atom. The third-order valence-corrected chi connectivity index (χ3v) is 5.69. The molecule has 4 aromatic rings. The van der Waals surface area contributed by atoms with E-state index in [1.807, 2.05) is 0 Å². The lowest BCUT2D eigenvalue weighted by atomic mass is 9.96. The number of benzene rings is 4. The first-order valence-electron chi connectivity index (χ1n) is 10.1. The molecule has 0 unspecified atom stereocenters. The Hall–Kier alpha value is -3.54. The molecule has 0 radical (unpaired) electrons. The average molecular weight is 456 g/mol. The van der Waals surface area contributed by atoms with Gasteiger partial charge in [-0.15, -0.1) is 0 Å². The second-order valence-electron chi connectivity index (χ2n) is 7.96. The van der Waals surface area contributed by atoms with Gasteiger partial charge in [-0.1, -0.05) is 30.3 Å². The van der Waals surface area contributed by atoms with Crippen molar-refractivity contribution < 1.29 is 26.3 Å². The predicted octanol–water partition coefficient (Wildman–Crippen LogP) is 8.06. The van der Waals surface area contributed by atoms with Crippen molar-refractivity contribution in [2.45, 2.75) is 20.3 Å². The van der Waals surface area contributed by atoms with Crippen LogP contribution in [0.25, 0.3) is 22.3 Å². The van der Waals surface area contributed by atoms with Gasteiger partial charge in [-0.25, -0.2) is 26.3 Å². The Morgan fingerprint density at radius 2 is 0.970 bits per heavy atom. The van der Waals surface area contributed by atoms with Gasteiger partial charge in [0, 0.05) is 11.1 Å². The Kier molecular flexibility index (Phi) is 6.02. The molecule has 0 bridgehead atoms. The molecule has 0 saturated carbocycles. The molecule has 33 heavy (non-hydrogen) atoms. The predicted molar refractivity (Wildman–Crippen MR) is 116 cm³/mol. The molecule has 0 aliphatic rings. The van der Waals surface area contributed by atoms with E-state index in [9.17, 15) is 26.3 Å². The molecule has 6 heteroatoms. The number of rotatable bonds is 4. The third kappa shape index (κ3) is 4.51. The first-order valence-corrected chi connectivity index (χ1v) is 10.1. The molecule has 0 spiro atoms. The molecule has 0 heterocycles. The third-order valence-electron chi connectivity index (χ3n) is 5.69. The van der Waals surface area contributed by atoms with Gasteiger partial charge in [-0.3, -0.25) is 0 Å². The van der Waals surface area contributed by atoms with E-state index in [1.165, 1.54) is 24.3 Å². The maximum absolute atomic E-state index is 14.8. The Balaban J connectivity index is 1.60. The smallest absolute Gasteiger partial charge is 0.194 e. The van der Waals surface area contributed by atoms with Crippen LogP contribution in [0.3, 0.4) is 0 Å². The Bertz CT molecular complexity index is 1220. The number of hydrogen-bond donors (Lipinski definition) is 0. The van der Waals surface area contributed by atoms with Gasteiger partial charge in [0.25, 0.3) is 0 Å². The topological polar surface area (TPSA) is 0 Å². The number of aryl methyl sites for hydroxylation is 1. The summed E-state index contributed by atoms with van der Waals surface area (Å²) in [6.07, 6.45) is 0.196. The van der Waals surface area contributed by atoms with Crippen LogP contribution in [0.5, 0.6) is 0 Å². The maximum atomic E-state index is 14.8. The average Bonchev–Trinajstić information content (AvgIpc) is 2.75. The highest BCUT2D eigenvalue weighted by molar-refractivity contribution is 5.67. The molecule has 0 saturated heterocycles. The SMILES string of the molecule is Cc1cc(-c2ccc(Cc3ccc(-c4cc(F)c(F)c(F)c4)c(F)c3)cc2F)cc(F)c1C. The highest BCUT2D eigenvalue weighted by Crippen LogP contribution is 2.30. The Morgan fingerprint density at radius 1 is 0.515 bits per heavy atom. The van der Waals surface area contributed by atoms with Gasteiger partial charge in [0.1, 0.15) is 17.5 Å². The fourth-order valence-corrected chi connectivity index (χ4v) is 3.72. The van der Waals surface area contributed by atoms with E-state index < -0.39 is 34.9 Å². The summed E-state index contributed by atoms with van der Waals surface area (Å²) in [5.74, 6) is -6.14. The standard InChI is InChI=1S/C27H18F6/c1-14-7-18(11-22(28)15(14)2)20-5-3-16(9-23(20)29)8-17-4-6-21(24(30)10-17)19-12-25(31)27(33)26(32)13-19/h3-7,9-13H,8H2,1-2H3. The fraction of sp³-hybridized carbons (Fsp3) is 0.111. The quantitative estimate of drug-likeness (QED) is 0.215. The van der Waals surface area contributed by atoms with Crippen LogP contribution < -0.4 is 0 Å². The van der Waals surface area contributed by atoms with Crippen molar-refractivity contribution in [3.63, 3.8) is 0 Å². The Labute approximate surface area is 187 Å². The summed E-state index contributed by atoms with van der Waals surface area (Å²) in [6, 6.07) is 13.0. The molecule has 0 aliphatic carbocycles. The number of halogens is 6. The van der Waals surface area contributed by atoms with E-state index in [4.69, 9.17) is 0 Å². The second kappa shape index (κ2) is 8.77. The van der Waals surface area contributed by atoms with Gasteiger partial charge < -0.3 is 0 Å². The van der Waals surface area contributed by atoms with Gasteiger partial charge in [0.15, 0.2) is 17.5 Å². The minimum absolute atomic E-state index is 0.0881. The zero-order valence-electron chi connectivity index (χ0n) is 17.7. The summed E-state index contributed by atoms with van der Waals surface area (Å²) in [5, 5.41) is 0. The lowest BCUT2D eigenvalue weighted by molar-refractivity contribution is 0.447. The fourth-order valence-electron chi connectivity index (χ4n) is 3.72. The molecule has 4 aromatic carbocycles. The summed E-state index contributed by atoms with van der Waals surface area (Å²) in [7, 11) is 0. The highest BCUT2D eigenvalue weighted by Gasteiger charge is 2.15. The largest absolute Gasteiger partial charge is 0.207 e. The van der Waals surface area contributed by atoms with Crippen molar-refractivity contribution in [3.8, 4) is 22.3 Å². The van der Waals surface area contributed by atoms with Gasteiger partial charge in [-0.05, 0) is 84.0 Å². The molecular weight excluding hydrogens is 438 g/mol. The lowest BCUT2D eigenvalue weighted by Gasteiger charge is -2.11. The van der Waals surface area contributed by atoms with E-state index in [2.05, 4.69) is 0 Å². The summed E-state index contributed by atoms with van der Waals surface area (Å²) in [6.45, 7) is 3.41. The normalized spacial score (nSPS) is 11.2. The zero-order chi connectivity index (χ0) is 23.9. The van der Waals surface area contributed by atoms with Gasteiger partial charge >= 0.3 is 0 Å². The van der Waals surface area contributed by atoms with Crippen LogP contribution in [0.4, 0.5) is 26.3 Å². The van der Waals surface area contributed by atoms with Crippen molar-refractivity contribution in [1.82, 2.24) is 0 Å². The highest BCUT2D eigenvalue weighted by atomic mass is 19.2. The molecule has 0 nitrogen and oxygen atoms in total. The molecular formula is C27H18F6. The van der Waals surface area contributed by atoms with Gasteiger partial charge in [0.2, 0.25) is 0 Å². The van der Waals surface area contributed by atoms with Gasteiger partial charge in [0.05, 0.1) is 0 Å². The van der Waals surface area contributed by atoms with Crippen LogP contribution in [0, 0.1) is 48.8 Å². The molecule has 168 valence electrons. The van der Waals surface area contributed by atoms with Crippen molar-refractivity contribution >= 4 is 0 Å². The van der Waals surface area contributed by atoms with Crippen LogP contribution in [0.2, 0.25) is 0 Å². The maximum Gasteiger partial charge on any atom is 0.194 e. The van der Waals surface area contributed by atoms with Crippen LogP contribution in [-0.2, 0) is 6.42 Å². The van der Waals surface area contributed by atoms with Crippen LogP contribution in [0.15, 0.2) is 60.7 Å². The molecule has 0 N–H and O–H groups in total. The molecule has 0 aliphatic heterocycles. The van der Waals surface area contributed by atoms with Crippen molar-refractivity contribution in [1.29, 1.82) is 0 Å². The summed E-state index contributed by atoms with van der Waals surface area (Å²) >= 11 is 0. The summed E-state index contributed by atoms with van der Waals surface area (Å²) in [5.41, 5.74) is 2.74. The lowest BCUT2D eigenvalue weighted by Crippen LogP contribution is -1.96. The summed E-state index contributed by atoms with van der Waals surface area (Å²) < 4.78 is 83.6. The second-order valence-corrected chi connectivity index (χ2v) is 7.96. The molecule has 0 fully saturated rings. The van der Waals surface area contributed by atoms with Crippen LogP contribution in [-0.4, -0.2) is 0 Å². The molecule has 4 rings (SSSR count). The molecule has 0 aromatic heterocycles. The number of hydrogen-bond acceptors (Lipinski definition) is 0. The van der Waals surface area contributed by atoms with Crippen LogP contribution >= 0.6 is 0 Å². The minimum Gasteiger partial charge on any atom is -0.207 e. The van der Waals surface area contributed by atoms with E-state index >= 15 is 0 Å². The zero-order valence-corrected chi connectivity index (χ0v) is 17.7. The van der Waals surface area contributed by atoms with Crippen molar-refractivity contribution in [2.24, 2.45) is 0 Å². The van der Waals surface area contributed by atoms with Crippen LogP contribution in [0.1, 0.15) is 22.3 Å². The summed E-state index contributed by atoms with van der Waals surface area (Å²) in [4.78, 5) is 0. The van der Waals surface area contributed by atoms with E-state index in [-0.39, 0.29) is 23.1 Å². The van der Waals surface area contributed by atoms with E-state index in [0.29, 0.717) is 27.8 Å². The molecule has 0 amide bonds.